The summed E-state index contributed by atoms with van der Waals surface area (Å²) in [5, 5.41) is 9.76. The Hall–Kier alpha value is -1.14. The third-order valence-electron chi connectivity index (χ3n) is 4.54. The van der Waals surface area contributed by atoms with Gasteiger partial charge in [0.2, 0.25) is 5.91 Å². The van der Waals surface area contributed by atoms with E-state index in [1.54, 1.807) is 0 Å². The molecule has 2 fully saturated rings. The summed E-state index contributed by atoms with van der Waals surface area (Å²) in [4.78, 5) is 27.8. The smallest absolute Gasteiger partial charge is 0.251 e. The number of aliphatic hydroxyl groups excluding tert-OH is 1. The van der Waals surface area contributed by atoms with Crippen molar-refractivity contribution in [3.05, 3.63) is 0 Å². The lowest BCUT2D eigenvalue weighted by Gasteiger charge is -2.33. The molecule has 0 aromatic carbocycles. The Morgan fingerprint density at radius 3 is 2.57 bits per heavy atom. The maximum absolute atomic E-state index is 12.4. The van der Waals surface area contributed by atoms with Crippen LogP contribution in [-0.4, -0.2) is 71.7 Å². The molecule has 0 radical (unpaired) electrons. The molecule has 2 aliphatic heterocycles. The molecule has 0 aromatic rings. The molecule has 2 rings (SSSR count). The minimum absolute atomic E-state index is 0.0187. The highest BCUT2D eigenvalue weighted by atomic mass is 16.5. The number of rotatable bonds is 5. The van der Waals surface area contributed by atoms with Crippen LogP contribution in [0.15, 0.2) is 0 Å². The Morgan fingerprint density at radius 1 is 1.22 bits per heavy atom. The van der Waals surface area contributed by atoms with E-state index in [1.165, 1.54) is 4.90 Å². The number of amides is 2. The largest absolute Gasteiger partial charge is 0.383 e. The highest BCUT2D eigenvalue weighted by Crippen LogP contribution is 2.16. The number of nitrogens with zero attached hydrogens (tertiary/aromatic N) is 2. The lowest BCUT2D eigenvalue weighted by Crippen LogP contribution is -2.48. The fourth-order valence-corrected chi connectivity index (χ4v) is 3.11. The van der Waals surface area contributed by atoms with Crippen molar-refractivity contribution in [3.8, 4) is 0 Å². The van der Waals surface area contributed by atoms with Gasteiger partial charge in [0.25, 0.3) is 5.91 Å². The molecule has 0 spiro atoms. The number of piperidine rings is 1. The van der Waals surface area contributed by atoms with Crippen molar-refractivity contribution in [2.24, 2.45) is 5.92 Å². The average Bonchev–Trinajstić information content (AvgIpc) is 2.69. The number of hydrogen-bond acceptors (Lipinski definition) is 4. The topological polar surface area (TPSA) is 70.1 Å². The fraction of sp³-hybridized carbons (Fsp3) is 0.882. The van der Waals surface area contributed by atoms with Crippen LogP contribution in [0.5, 0.6) is 0 Å². The molecule has 6 heteroatoms. The Labute approximate surface area is 138 Å². The van der Waals surface area contributed by atoms with Crippen LogP contribution in [0.1, 0.15) is 46.0 Å². The summed E-state index contributed by atoms with van der Waals surface area (Å²) in [6.45, 7) is 7.05. The Bertz CT molecular complexity index is 405. The average molecular weight is 326 g/mol. The molecular weight excluding hydrogens is 296 g/mol. The number of carbonyl (C=O) groups is 2. The van der Waals surface area contributed by atoms with Crippen molar-refractivity contribution in [1.29, 1.82) is 0 Å². The molecule has 1 atom stereocenters. The van der Waals surface area contributed by atoms with E-state index in [-0.39, 0.29) is 24.5 Å². The van der Waals surface area contributed by atoms with Crippen LogP contribution in [-0.2, 0) is 14.3 Å². The third-order valence-corrected chi connectivity index (χ3v) is 4.54. The van der Waals surface area contributed by atoms with Crippen LogP contribution in [0.3, 0.4) is 0 Å². The van der Waals surface area contributed by atoms with Crippen LogP contribution < -0.4 is 0 Å². The minimum atomic E-state index is -0.944. The second kappa shape index (κ2) is 8.64. The van der Waals surface area contributed by atoms with Crippen LogP contribution in [0.4, 0.5) is 0 Å². The third kappa shape index (κ3) is 5.46. The normalized spacial score (nSPS) is 24.2. The van der Waals surface area contributed by atoms with Gasteiger partial charge in [-0.15, -0.1) is 0 Å². The van der Waals surface area contributed by atoms with E-state index in [0.717, 1.165) is 32.3 Å². The Balaban J connectivity index is 1.77. The molecule has 2 amide bonds. The monoisotopic (exact) mass is 326 g/mol. The van der Waals surface area contributed by atoms with Gasteiger partial charge in [0.1, 0.15) is 6.10 Å². The van der Waals surface area contributed by atoms with Crippen LogP contribution in [0.2, 0.25) is 0 Å². The van der Waals surface area contributed by atoms with Gasteiger partial charge in [0, 0.05) is 26.2 Å². The van der Waals surface area contributed by atoms with Crippen molar-refractivity contribution >= 4 is 11.8 Å². The summed E-state index contributed by atoms with van der Waals surface area (Å²) >= 11 is 0. The zero-order chi connectivity index (χ0) is 16.8. The maximum atomic E-state index is 12.4. The van der Waals surface area contributed by atoms with E-state index in [2.05, 4.69) is 13.8 Å². The second-order valence-corrected chi connectivity index (χ2v) is 7.08. The predicted octanol–water partition coefficient (Wildman–Crippen LogP) is 1.02. The number of carbonyl (C=O) groups excluding carboxylic acids is 2. The van der Waals surface area contributed by atoms with Crippen LogP contribution in [0, 0.1) is 5.92 Å². The van der Waals surface area contributed by atoms with Crippen molar-refractivity contribution < 1.29 is 19.4 Å². The van der Waals surface area contributed by atoms with Crippen LogP contribution >= 0.6 is 0 Å². The first kappa shape index (κ1) is 18.2. The van der Waals surface area contributed by atoms with Gasteiger partial charge in [-0.25, -0.2) is 0 Å². The standard InChI is InChI=1S/C17H30N2O4/c1-13(2)12-23-14-6-9-18(10-7-14)16(21)11-19-8-4-3-5-15(20)17(19)22/h13-15,20H,3-12H2,1-2H3. The molecule has 0 saturated carbocycles. The molecule has 2 heterocycles. The SMILES string of the molecule is CC(C)COC1CCN(C(=O)CN2CCCCC(O)C2=O)CC1. The summed E-state index contributed by atoms with van der Waals surface area (Å²) in [5.74, 6) is 0.205. The van der Waals surface area contributed by atoms with E-state index in [4.69, 9.17) is 4.74 Å². The number of ether oxygens (including phenoxy) is 1. The molecule has 0 aliphatic carbocycles. The fourth-order valence-electron chi connectivity index (χ4n) is 3.11. The number of hydrogen-bond donors (Lipinski definition) is 1. The zero-order valence-corrected chi connectivity index (χ0v) is 14.4. The highest BCUT2D eigenvalue weighted by molar-refractivity contribution is 5.87. The summed E-state index contributed by atoms with van der Waals surface area (Å²) in [7, 11) is 0. The molecule has 1 unspecified atom stereocenters. The highest BCUT2D eigenvalue weighted by Gasteiger charge is 2.29. The first-order valence-corrected chi connectivity index (χ1v) is 8.83. The van der Waals surface area contributed by atoms with Gasteiger partial charge in [-0.3, -0.25) is 9.59 Å². The van der Waals surface area contributed by atoms with Crippen LogP contribution in [0.25, 0.3) is 0 Å². The van der Waals surface area contributed by atoms with E-state index in [9.17, 15) is 14.7 Å². The van der Waals surface area contributed by atoms with E-state index >= 15 is 0 Å². The van der Waals surface area contributed by atoms with Gasteiger partial charge in [0.15, 0.2) is 0 Å². The Kier molecular flexibility index (Phi) is 6.84. The van der Waals surface area contributed by atoms with Gasteiger partial charge in [0.05, 0.1) is 12.6 Å². The molecule has 0 bridgehead atoms. The number of aliphatic hydroxyl groups is 1. The summed E-state index contributed by atoms with van der Waals surface area (Å²) in [6, 6.07) is 0. The lowest BCUT2D eigenvalue weighted by atomic mass is 10.1. The Morgan fingerprint density at radius 2 is 1.91 bits per heavy atom. The van der Waals surface area contributed by atoms with Gasteiger partial charge in [-0.05, 0) is 38.0 Å². The number of likely N-dealkylation sites (tertiary alicyclic amines) is 2. The first-order valence-electron chi connectivity index (χ1n) is 8.83. The predicted molar refractivity (Wildman–Crippen MR) is 86.8 cm³/mol. The van der Waals surface area contributed by atoms with E-state index in [0.29, 0.717) is 32.0 Å². The molecule has 1 N–H and O–H groups in total. The lowest BCUT2D eigenvalue weighted by molar-refractivity contribution is -0.146. The van der Waals surface area contributed by atoms with Crippen molar-refractivity contribution in [2.45, 2.75) is 58.2 Å². The van der Waals surface area contributed by atoms with Crippen molar-refractivity contribution in [1.82, 2.24) is 9.80 Å². The summed E-state index contributed by atoms with van der Waals surface area (Å²) < 4.78 is 5.83. The quantitative estimate of drug-likeness (QED) is 0.819. The summed E-state index contributed by atoms with van der Waals surface area (Å²) in [5.41, 5.74) is 0. The molecule has 6 nitrogen and oxygen atoms in total. The van der Waals surface area contributed by atoms with E-state index < -0.39 is 6.10 Å². The molecule has 132 valence electrons. The maximum Gasteiger partial charge on any atom is 0.251 e. The molecule has 23 heavy (non-hydrogen) atoms. The van der Waals surface area contributed by atoms with Gasteiger partial charge < -0.3 is 19.6 Å². The van der Waals surface area contributed by atoms with Crippen molar-refractivity contribution in [3.63, 3.8) is 0 Å². The molecule has 2 aliphatic rings. The second-order valence-electron chi connectivity index (χ2n) is 7.08. The van der Waals surface area contributed by atoms with Crippen molar-refractivity contribution in [2.75, 3.05) is 32.8 Å². The first-order chi connectivity index (χ1) is 11.0. The molecule has 0 aromatic heterocycles. The minimum Gasteiger partial charge on any atom is -0.383 e. The molecular formula is C17H30N2O4. The zero-order valence-electron chi connectivity index (χ0n) is 14.4. The van der Waals surface area contributed by atoms with Gasteiger partial charge in [-0.2, -0.15) is 0 Å². The summed E-state index contributed by atoms with van der Waals surface area (Å²) in [6.07, 6.45) is 3.19. The van der Waals surface area contributed by atoms with E-state index in [1.807, 2.05) is 4.90 Å². The molecule has 2 saturated heterocycles. The van der Waals surface area contributed by atoms with Gasteiger partial charge >= 0.3 is 0 Å². The van der Waals surface area contributed by atoms with Gasteiger partial charge in [-0.1, -0.05) is 13.8 Å².